The molecule has 0 unspecified atom stereocenters. The van der Waals surface area contributed by atoms with Crippen LogP contribution >= 0.6 is 0 Å². The lowest BCUT2D eigenvalue weighted by atomic mass is 10.1. The first-order chi connectivity index (χ1) is 11.2. The third-order valence-electron chi connectivity index (χ3n) is 4.45. The molecule has 0 aliphatic carbocycles. The Bertz CT molecular complexity index is 643. The molecule has 23 heavy (non-hydrogen) atoms. The number of aryl methyl sites for hydroxylation is 2. The predicted molar refractivity (Wildman–Crippen MR) is 95.6 cm³/mol. The SMILES string of the molecule is CCCc1cc(N2CCC(N)CC2)nc(-c2ccc(C)cc2)n1. The predicted octanol–water partition coefficient (Wildman–Crippen LogP) is 3.33. The van der Waals surface area contributed by atoms with E-state index in [9.17, 15) is 0 Å². The zero-order valence-corrected chi connectivity index (χ0v) is 14.1. The lowest BCUT2D eigenvalue weighted by molar-refractivity contribution is 0.498. The smallest absolute Gasteiger partial charge is 0.161 e. The maximum absolute atomic E-state index is 6.03. The first-order valence-electron chi connectivity index (χ1n) is 8.61. The van der Waals surface area contributed by atoms with Crippen LogP contribution in [-0.2, 0) is 6.42 Å². The lowest BCUT2D eigenvalue weighted by Crippen LogP contribution is -2.40. The highest BCUT2D eigenvalue weighted by Crippen LogP contribution is 2.23. The number of aromatic nitrogens is 2. The van der Waals surface area contributed by atoms with Crippen LogP contribution < -0.4 is 10.6 Å². The topological polar surface area (TPSA) is 55.0 Å². The average Bonchev–Trinajstić information content (AvgIpc) is 2.56. The van der Waals surface area contributed by atoms with Crippen LogP contribution in [0.1, 0.15) is 37.4 Å². The highest BCUT2D eigenvalue weighted by Gasteiger charge is 2.19. The lowest BCUT2D eigenvalue weighted by Gasteiger charge is -2.31. The minimum absolute atomic E-state index is 0.333. The Labute approximate surface area is 138 Å². The van der Waals surface area contributed by atoms with Crippen molar-refractivity contribution in [3.8, 4) is 11.4 Å². The summed E-state index contributed by atoms with van der Waals surface area (Å²) in [6.45, 7) is 6.25. The first-order valence-corrected chi connectivity index (χ1v) is 8.61. The number of nitrogens with zero attached hydrogens (tertiary/aromatic N) is 3. The van der Waals surface area contributed by atoms with Crippen LogP contribution in [0.15, 0.2) is 30.3 Å². The Morgan fingerprint density at radius 2 is 1.83 bits per heavy atom. The summed E-state index contributed by atoms with van der Waals surface area (Å²) in [5.41, 5.74) is 9.50. The average molecular weight is 310 g/mol. The van der Waals surface area contributed by atoms with E-state index in [0.29, 0.717) is 6.04 Å². The molecule has 1 aliphatic rings. The molecular weight excluding hydrogens is 284 g/mol. The van der Waals surface area contributed by atoms with Crippen LogP contribution in [-0.4, -0.2) is 29.1 Å². The van der Waals surface area contributed by atoms with Gasteiger partial charge in [-0.25, -0.2) is 9.97 Å². The summed E-state index contributed by atoms with van der Waals surface area (Å²) in [6, 6.07) is 10.9. The van der Waals surface area contributed by atoms with E-state index in [4.69, 9.17) is 15.7 Å². The molecule has 1 aliphatic heterocycles. The van der Waals surface area contributed by atoms with Crippen molar-refractivity contribution in [3.05, 3.63) is 41.6 Å². The van der Waals surface area contributed by atoms with Gasteiger partial charge in [-0.15, -0.1) is 0 Å². The molecule has 2 aromatic rings. The van der Waals surface area contributed by atoms with E-state index in [-0.39, 0.29) is 0 Å². The van der Waals surface area contributed by atoms with E-state index < -0.39 is 0 Å². The van der Waals surface area contributed by atoms with Gasteiger partial charge in [-0.05, 0) is 26.2 Å². The summed E-state index contributed by atoms with van der Waals surface area (Å²) >= 11 is 0. The molecule has 122 valence electrons. The third kappa shape index (κ3) is 3.88. The molecule has 1 aromatic heterocycles. The maximum atomic E-state index is 6.03. The summed E-state index contributed by atoms with van der Waals surface area (Å²) in [4.78, 5) is 12.0. The highest BCUT2D eigenvalue weighted by molar-refractivity contribution is 5.58. The molecule has 1 fully saturated rings. The van der Waals surface area contributed by atoms with Crippen molar-refractivity contribution in [2.45, 2.75) is 45.6 Å². The summed E-state index contributed by atoms with van der Waals surface area (Å²) < 4.78 is 0. The van der Waals surface area contributed by atoms with Crippen LogP contribution in [0.2, 0.25) is 0 Å². The molecule has 0 spiro atoms. The molecule has 1 saturated heterocycles. The molecule has 1 aromatic carbocycles. The molecule has 2 N–H and O–H groups in total. The van der Waals surface area contributed by atoms with Gasteiger partial charge >= 0.3 is 0 Å². The van der Waals surface area contributed by atoms with Crippen molar-refractivity contribution >= 4 is 5.82 Å². The van der Waals surface area contributed by atoms with Crippen molar-refractivity contribution in [3.63, 3.8) is 0 Å². The molecule has 0 amide bonds. The Morgan fingerprint density at radius 3 is 2.48 bits per heavy atom. The molecule has 3 rings (SSSR count). The van der Waals surface area contributed by atoms with Gasteiger partial charge in [-0.2, -0.15) is 0 Å². The van der Waals surface area contributed by atoms with E-state index >= 15 is 0 Å². The minimum Gasteiger partial charge on any atom is -0.356 e. The number of rotatable bonds is 4. The number of hydrogen-bond donors (Lipinski definition) is 1. The fraction of sp³-hybridized carbons (Fsp3) is 0.474. The van der Waals surface area contributed by atoms with Crippen LogP contribution in [0.25, 0.3) is 11.4 Å². The quantitative estimate of drug-likeness (QED) is 0.941. The number of nitrogens with two attached hydrogens (primary N) is 1. The second kappa shape index (κ2) is 7.09. The van der Waals surface area contributed by atoms with Crippen LogP contribution in [0.5, 0.6) is 0 Å². The van der Waals surface area contributed by atoms with Crippen molar-refractivity contribution in [2.75, 3.05) is 18.0 Å². The number of hydrogen-bond acceptors (Lipinski definition) is 4. The molecule has 4 nitrogen and oxygen atoms in total. The normalized spacial score (nSPS) is 15.9. The van der Waals surface area contributed by atoms with E-state index in [1.54, 1.807) is 0 Å². The monoisotopic (exact) mass is 310 g/mol. The minimum atomic E-state index is 0.333. The van der Waals surface area contributed by atoms with Gasteiger partial charge in [-0.3, -0.25) is 0 Å². The van der Waals surface area contributed by atoms with Gasteiger partial charge < -0.3 is 10.6 Å². The summed E-state index contributed by atoms with van der Waals surface area (Å²) in [7, 11) is 0. The summed E-state index contributed by atoms with van der Waals surface area (Å²) in [5, 5.41) is 0. The van der Waals surface area contributed by atoms with Gasteiger partial charge in [-0.1, -0.05) is 43.2 Å². The zero-order valence-electron chi connectivity index (χ0n) is 14.1. The van der Waals surface area contributed by atoms with E-state index in [0.717, 1.165) is 61.7 Å². The molecule has 0 atom stereocenters. The highest BCUT2D eigenvalue weighted by atomic mass is 15.2. The largest absolute Gasteiger partial charge is 0.356 e. The molecule has 0 saturated carbocycles. The summed E-state index contributed by atoms with van der Waals surface area (Å²) in [5.74, 6) is 1.88. The van der Waals surface area contributed by atoms with Gasteiger partial charge in [0.15, 0.2) is 5.82 Å². The first kappa shape index (κ1) is 15.9. The fourth-order valence-electron chi connectivity index (χ4n) is 2.99. The second-order valence-electron chi connectivity index (χ2n) is 6.48. The van der Waals surface area contributed by atoms with Crippen molar-refractivity contribution < 1.29 is 0 Å². The van der Waals surface area contributed by atoms with Gasteiger partial charge in [0.2, 0.25) is 0 Å². The molecular formula is C19H26N4. The van der Waals surface area contributed by atoms with Crippen LogP contribution in [0.4, 0.5) is 5.82 Å². The van der Waals surface area contributed by atoms with E-state index in [2.05, 4.69) is 49.1 Å². The Morgan fingerprint density at radius 1 is 1.13 bits per heavy atom. The van der Waals surface area contributed by atoms with E-state index in [1.807, 2.05) is 0 Å². The fourth-order valence-corrected chi connectivity index (χ4v) is 2.99. The zero-order chi connectivity index (χ0) is 16.2. The third-order valence-corrected chi connectivity index (χ3v) is 4.45. The maximum Gasteiger partial charge on any atom is 0.161 e. The Kier molecular flexibility index (Phi) is 4.91. The van der Waals surface area contributed by atoms with Gasteiger partial charge in [0.1, 0.15) is 5.82 Å². The van der Waals surface area contributed by atoms with E-state index in [1.165, 1.54) is 5.56 Å². The second-order valence-corrected chi connectivity index (χ2v) is 6.48. The van der Waals surface area contributed by atoms with Crippen LogP contribution in [0, 0.1) is 6.92 Å². The molecule has 2 heterocycles. The number of piperidine rings is 1. The van der Waals surface area contributed by atoms with Crippen LogP contribution in [0.3, 0.4) is 0 Å². The number of benzene rings is 1. The van der Waals surface area contributed by atoms with Gasteiger partial charge in [0.25, 0.3) is 0 Å². The standard InChI is InChI=1S/C19H26N4/c1-3-4-17-13-18(23-11-9-16(20)10-12-23)22-19(21-17)15-7-5-14(2)6-8-15/h5-8,13,16H,3-4,9-12,20H2,1-2H3. The number of anilines is 1. The van der Waals surface area contributed by atoms with Gasteiger partial charge in [0, 0.05) is 36.5 Å². The Balaban J connectivity index is 1.94. The molecule has 0 bridgehead atoms. The molecule has 4 heteroatoms. The van der Waals surface area contributed by atoms with Crippen molar-refractivity contribution in [2.24, 2.45) is 5.73 Å². The Hall–Kier alpha value is -1.94. The summed E-state index contributed by atoms with van der Waals surface area (Å²) in [6.07, 6.45) is 4.15. The van der Waals surface area contributed by atoms with Crippen molar-refractivity contribution in [1.82, 2.24) is 9.97 Å². The van der Waals surface area contributed by atoms with Gasteiger partial charge in [0.05, 0.1) is 0 Å². The molecule has 0 radical (unpaired) electrons. The van der Waals surface area contributed by atoms with Crippen molar-refractivity contribution in [1.29, 1.82) is 0 Å².